The number of halogens is 1. The summed E-state index contributed by atoms with van der Waals surface area (Å²) in [6.07, 6.45) is 6.81. The van der Waals surface area contributed by atoms with Gasteiger partial charge in [-0.15, -0.1) is 0 Å². The monoisotopic (exact) mass is 449 g/mol. The zero-order valence-electron chi connectivity index (χ0n) is 17.3. The predicted molar refractivity (Wildman–Crippen MR) is 117 cm³/mol. The van der Waals surface area contributed by atoms with Crippen LogP contribution in [-0.4, -0.2) is 50.2 Å². The molecule has 5 heterocycles. The number of nitrogens with one attached hydrogen (secondary N) is 1. The van der Waals surface area contributed by atoms with Crippen LogP contribution in [0.4, 0.5) is 4.39 Å². The minimum Gasteiger partial charge on any atom is -0.374 e. The first-order valence-corrected chi connectivity index (χ1v) is 11.0. The molecule has 162 valence electrons. The molecule has 1 fully saturated rings. The van der Waals surface area contributed by atoms with Gasteiger partial charge in [0.05, 0.1) is 42.7 Å². The minimum atomic E-state index is -0.413. The number of hydrogen-bond acceptors (Lipinski definition) is 7. The molecule has 0 aliphatic carbocycles. The van der Waals surface area contributed by atoms with E-state index in [1.165, 1.54) is 24.0 Å². The third-order valence-electron chi connectivity index (χ3n) is 5.42. The van der Waals surface area contributed by atoms with Crippen molar-refractivity contribution < 1.29 is 9.13 Å². The number of pyridine rings is 2. The van der Waals surface area contributed by atoms with Gasteiger partial charge >= 0.3 is 0 Å². The molecule has 0 bridgehead atoms. The van der Waals surface area contributed by atoms with Crippen molar-refractivity contribution in [2.24, 2.45) is 0 Å². The highest BCUT2D eigenvalue weighted by Gasteiger charge is 2.20. The Morgan fingerprint density at radius 2 is 2.28 bits per heavy atom. The lowest BCUT2D eigenvalue weighted by Crippen LogP contribution is -2.41. The van der Waals surface area contributed by atoms with Gasteiger partial charge in [-0.25, -0.2) is 13.9 Å². The molecule has 0 saturated carbocycles. The fourth-order valence-corrected chi connectivity index (χ4v) is 4.76. The molecule has 4 aromatic heterocycles. The zero-order chi connectivity index (χ0) is 22.1. The molecule has 0 unspecified atom stereocenters. The van der Waals surface area contributed by atoms with Gasteiger partial charge in [-0.05, 0) is 25.1 Å². The van der Waals surface area contributed by atoms with Crippen LogP contribution in [0.15, 0.2) is 52.9 Å². The van der Waals surface area contributed by atoms with E-state index in [2.05, 4.69) is 26.6 Å². The normalized spacial score (nSPS) is 16.3. The van der Waals surface area contributed by atoms with E-state index in [-0.39, 0.29) is 11.1 Å². The lowest BCUT2D eigenvalue weighted by molar-refractivity contribution is 0.0158. The van der Waals surface area contributed by atoms with E-state index in [4.69, 9.17) is 4.74 Å². The fraction of sp³-hybridized carbons (Fsp3) is 0.273. The van der Waals surface area contributed by atoms with Crippen LogP contribution in [0.2, 0.25) is 0 Å². The molecule has 0 spiro atoms. The zero-order valence-corrected chi connectivity index (χ0v) is 18.1. The molecule has 1 aliphatic heterocycles. The Kier molecular flexibility index (Phi) is 5.61. The Hall–Kier alpha value is -3.26. The first-order chi connectivity index (χ1) is 15.6. The van der Waals surface area contributed by atoms with E-state index in [1.54, 1.807) is 16.8 Å². The number of hydrogen-bond donors (Lipinski definition) is 1. The van der Waals surface area contributed by atoms with Gasteiger partial charge in [-0.1, -0.05) is 11.8 Å². The van der Waals surface area contributed by atoms with Crippen molar-refractivity contribution in [3.63, 3.8) is 0 Å². The van der Waals surface area contributed by atoms with Crippen molar-refractivity contribution in [2.75, 3.05) is 19.7 Å². The van der Waals surface area contributed by atoms with E-state index in [1.807, 2.05) is 30.1 Å². The van der Waals surface area contributed by atoms with Crippen LogP contribution in [-0.2, 0) is 11.3 Å². The van der Waals surface area contributed by atoms with Gasteiger partial charge < -0.3 is 10.1 Å². The van der Waals surface area contributed by atoms with E-state index in [9.17, 15) is 9.65 Å². The summed E-state index contributed by atoms with van der Waals surface area (Å²) < 4.78 is 23.7. The molecule has 0 radical (unpaired) electrons. The smallest absolute Gasteiger partial charge is 0.155 e. The number of nitriles is 1. The van der Waals surface area contributed by atoms with Crippen LogP contribution in [0.5, 0.6) is 0 Å². The first kappa shape index (κ1) is 20.6. The predicted octanol–water partition coefficient (Wildman–Crippen LogP) is 3.05. The van der Waals surface area contributed by atoms with Crippen LogP contribution in [0.3, 0.4) is 0 Å². The number of fused-ring (bicyclic) bond motifs is 1. The SMILES string of the molecule is Cc1c(-c2cc(Sc3ncccc3F)c3c(C#N)cnn3c2)cnn1C[C@H]1CNCCO1. The lowest BCUT2D eigenvalue weighted by atomic mass is 10.1. The molecule has 5 rings (SSSR count). The summed E-state index contributed by atoms with van der Waals surface area (Å²) in [5, 5.41) is 22.0. The third kappa shape index (κ3) is 3.86. The molecule has 0 amide bonds. The summed E-state index contributed by atoms with van der Waals surface area (Å²) in [5.41, 5.74) is 3.84. The number of morpholine rings is 1. The molecule has 8 nitrogen and oxygen atoms in total. The highest BCUT2D eigenvalue weighted by Crippen LogP contribution is 2.36. The van der Waals surface area contributed by atoms with Crippen LogP contribution in [0.1, 0.15) is 11.3 Å². The summed E-state index contributed by atoms with van der Waals surface area (Å²) in [5.74, 6) is -0.413. The topological polar surface area (TPSA) is 93.1 Å². The number of nitrogens with zero attached hydrogens (tertiary/aromatic N) is 6. The van der Waals surface area contributed by atoms with Crippen LogP contribution in [0, 0.1) is 24.1 Å². The van der Waals surface area contributed by atoms with Crippen molar-refractivity contribution in [2.45, 2.75) is 29.5 Å². The molecule has 1 atom stereocenters. The average Bonchev–Trinajstić information content (AvgIpc) is 3.39. The maximum Gasteiger partial charge on any atom is 0.155 e. The molecule has 4 aromatic rings. The van der Waals surface area contributed by atoms with Crippen molar-refractivity contribution in [1.82, 2.24) is 29.7 Å². The highest BCUT2D eigenvalue weighted by atomic mass is 32.2. The highest BCUT2D eigenvalue weighted by molar-refractivity contribution is 7.99. The Morgan fingerprint density at radius 1 is 1.38 bits per heavy atom. The maximum absolute atomic E-state index is 14.3. The number of aromatic nitrogens is 5. The number of rotatable bonds is 5. The Bertz CT molecular complexity index is 1320. The summed E-state index contributed by atoms with van der Waals surface area (Å²) >= 11 is 1.17. The van der Waals surface area contributed by atoms with Gasteiger partial charge in [0.25, 0.3) is 0 Å². The number of ether oxygens (including phenoxy) is 1. The summed E-state index contributed by atoms with van der Waals surface area (Å²) in [6, 6.07) is 7.02. The molecule has 1 saturated heterocycles. The second-order valence-corrected chi connectivity index (χ2v) is 8.50. The molecule has 0 aromatic carbocycles. The van der Waals surface area contributed by atoms with Crippen molar-refractivity contribution in [3.05, 3.63) is 60.1 Å². The van der Waals surface area contributed by atoms with Gasteiger partial charge in [-0.3, -0.25) is 4.68 Å². The summed E-state index contributed by atoms with van der Waals surface area (Å²) in [4.78, 5) is 4.84. The molecule has 1 aliphatic rings. The fourth-order valence-electron chi connectivity index (χ4n) is 3.79. The summed E-state index contributed by atoms with van der Waals surface area (Å²) in [7, 11) is 0. The minimum absolute atomic E-state index is 0.0697. The molecule has 1 N–H and O–H groups in total. The molecule has 32 heavy (non-hydrogen) atoms. The van der Waals surface area contributed by atoms with E-state index < -0.39 is 5.82 Å². The summed E-state index contributed by atoms with van der Waals surface area (Å²) in [6.45, 7) is 5.02. The van der Waals surface area contributed by atoms with Crippen molar-refractivity contribution in [3.8, 4) is 17.2 Å². The maximum atomic E-state index is 14.3. The van der Waals surface area contributed by atoms with Crippen LogP contribution < -0.4 is 5.32 Å². The Morgan fingerprint density at radius 3 is 3.06 bits per heavy atom. The largest absolute Gasteiger partial charge is 0.374 e. The average molecular weight is 450 g/mol. The second kappa shape index (κ2) is 8.70. The van der Waals surface area contributed by atoms with Gasteiger partial charge in [-0.2, -0.15) is 15.5 Å². The van der Waals surface area contributed by atoms with Crippen molar-refractivity contribution in [1.29, 1.82) is 5.26 Å². The van der Waals surface area contributed by atoms with Gasteiger partial charge in [0.2, 0.25) is 0 Å². The standard InChI is InChI=1S/C22H20FN7OS/c1-14-18(11-28-29(14)13-17-10-25-5-6-31-17)15-7-20(32-22-19(23)3-2-4-26-22)21-16(8-24)9-27-30(21)12-15/h2-4,7,9,11-12,17,25H,5-6,10,13H2,1H3/t17-/m1/s1. The van der Waals surface area contributed by atoms with Gasteiger partial charge in [0.15, 0.2) is 5.82 Å². The van der Waals surface area contributed by atoms with E-state index in [0.29, 0.717) is 29.1 Å². The lowest BCUT2D eigenvalue weighted by Gasteiger charge is -2.24. The first-order valence-electron chi connectivity index (χ1n) is 10.2. The van der Waals surface area contributed by atoms with E-state index >= 15 is 0 Å². The van der Waals surface area contributed by atoms with Gasteiger partial charge in [0, 0.05) is 47.2 Å². The second-order valence-electron chi connectivity index (χ2n) is 7.47. The quantitative estimate of drug-likeness (QED) is 0.501. The molecular weight excluding hydrogens is 429 g/mol. The van der Waals surface area contributed by atoms with E-state index in [0.717, 1.165) is 29.9 Å². The Balaban J connectivity index is 1.55. The van der Waals surface area contributed by atoms with Crippen LogP contribution in [0.25, 0.3) is 16.6 Å². The Labute approximate surface area is 188 Å². The van der Waals surface area contributed by atoms with Crippen LogP contribution >= 0.6 is 11.8 Å². The molecule has 10 heteroatoms. The molecular formula is C22H20FN7OS. The third-order valence-corrected chi connectivity index (χ3v) is 6.45. The van der Waals surface area contributed by atoms with Gasteiger partial charge in [0.1, 0.15) is 11.1 Å². The van der Waals surface area contributed by atoms with Crippen molar-refractivity contribution >= 4 is 17.3 Å².